The number of fused-ring (bicyclic) bond motifs is 1. The summed E-state index contributed by atoms with van der Waals surface area (Å²) < 4.78 is 20.0. The second-order valence-electron chi connectivity index (χ2n) is 10.6. The number of aromatic nitrogens is 1. The molecule has 1 fully saturated rings. The van der Waals surface area contributed by atoms with Crippen molar-refractivity contribution < 1.29 is 28.3 Å². The van der Waals surface area contributed by atoms with Crippen LogP contribution < -0.4 is 0 Å². The number of Topliss-reactive ketones (excluding diaryl/α,β-unsaturated/α-hetero) is 1. The summed E-state index contributed by atoms with van der Waals surface area (Å²) in [6.45, 7) is 6.23. The van der Waals surface area contributed by atoms with Crippen LogP contribution in [0.1, 0.15) is 58.7 Å². The molecule has 1 aliphatic rings. The first-order chi connectivity index (χ1) is 18.5. The van der Waals surface area contributed by atoms with Gasteiger partial charge >= 0.3 is 6.09 Å². The Morgan fingerprint density at radius 2 is 1.67 bits per heavy atom. The van der Waals surface area contributed by atoms with Crippen molar-refractivity contribution >= 4 is 34.6 Å². The summed E-state index contributed by atoms with van der Waals surface area (Å²) in [7, 11) is 2.99. The highest BCUT2D eigenvalue weighted by Gasteiger charge is 2.31. The number of nitrogens with zero attached hydrogens (tertiary/aromatic N) is 3. The summed E-state index contributed by atoms with van der Waals surface area (Å²) >= 11 is 0. The molecule has 2 aromatic carbocycles. The van der Waals surface area contributed by atoms with Gasteiger partial charge in [-0.3, -0.25) is 14.4 Å². The van der Waals surface area contributed by atoms with E-state index in [9.17, 15) is 23.6 Å². The molecule has 4 rings (SSSR count). The zero-order valence-electron chi connectivity index (χ0n) is 23.0. The van der Waals surface area contributed by atoms with Crippen LogP contribution in [0.2, 0.25) is 0 Å². The lowest BCUT2D eigenvalue weighted by atomic mass is 9.90. The molecule has 1 saturated heterocycles. The quantitative estimate of drug-likeness (QED) is 0.333. The van der Waals surface area contributed by atoms with Crippen LogP contribution in [0.3, 0.4) is 0 Å². The van der Waals surface area contributed by atoms with Gasteiger partial charge in [-0.25, -0.2) is 13.8 Å². The van der Waals surface area contributed by atoms with Gasteiger partial charge in [0.1, 0.15) is 5.82 Å². The molecule has 2 amide bonds. The molecule has 2 heterocycles. The van der Waals surface area contributed by atoms with Gasteiger partial charge in [0.05, 0.1) is 17.2 Å². The highest BCUT2D eigenvalue weighted by Crippen LogP contribution is 2.31. The largest absolute Gasteiger partial charge is 0.446 e. The predicted molar refractivity (Wildman–Crippen MR) is 145 cm³/mol. The van der Waals surface area contributed by atoms with Crippen molar-refractivity contribution in [3.63, 3.8) is 0 Å². The van der Waals surface area contributed by atoms with Crippen molar-refractivity contribution in [1.29, 1.82) is 0 Å². The number of carbonyl (C=O) groups excluding carboxylic acids is 4. The molecule has 0 atom stereocenters. The summed E-state index contributed by atoms with van der Waals surface area (Å²) in [6.07, 6.45) is 1.40. The van der Waals surface area contributed by atoms with Crippen LogP contribution in [0.15, 0.2) is 42.5 Å². The average Bonchev–Trinajstić information content (AvgIpc) is 3.19. The molecule has 39 heavy (non-hydrogen) atoms. The summed E-state index contributed by atoms with van der Waals surface area (Å²) in [5, 5.41) is 0.420. The molecule has 0 bridgehead atoms. The Labute approximate surface area is 227 Å². The molecule has 0 N–H and O–H groups in total. The molecule has 0 unspecified atom stereocenters. The Bertz CT molecular complexity index is 1420. The molecule has 206 valence electrons. The van der Waals surface area contributed by atoms with Gasteiger partial charge in [0, 0.05) is 43.8 Å². The van der Waals surface area contributed by atoms with Crippen LogP contribution in [0, 0.1) is 18.7 Å². The molecule has 0 aliphatic carbocycles. The smallest absolute Gasteiger partial charge is 0.418 e. The lowest BCUT2D eigenvalue weighted by Crippen LogP contribution is -2.39. The lowest BCUT2D eigenvalue weighted by Gasteiger charge is -2.32. The maximum Gasteiger partial charge on any atom is 0.418 e. The van der Waals surface area contributed by atoms with Gasteiger partial charge in [-0.2, -0.15) is 0 Å². The maximum absolute atomic E-state index is 13.9. The first kappa shape index (κ1) is 28.0. The van der Waals surface area contributed by atoms with Crippen LogP contribution in [-0.2, 0) is 16.0 Å². The number of rotatable bonds is 6. The second-order valence-corrected chi connectivity index (χ2v) is 10.6. The molecular formula is C30H34FN3O5. The fourth-order valence-corrected chi connectivity index (χ4v) is 5.10. The Morgan fingerprint density at radius 3 is 2.26 bits per heavy atom. The van der Waals surface area contributed by atoms with Crippen molar-refractivity contribution in [3.05, 3.63) is 70.7 Å². The molecular weight excluding hydrogens is 501 g/mol. The highest BCUT2D eigenvalue weighted by molar-refractivity contribution is 6.43. The highest BCUT2D eigenvalue weighted by atomic mass is 19.1. The van der Waals surface area contributed by atoms with E-state index in [1.807, 2.05) is 0 Å². The van der Waals surface area contributed by atoms with E-state index in [0.29, 0.717) is 41.2 Å². The average molecular weight is 536 g/mol. The molecule has 8 nitrogen and oxygen atoms in total. The van der Waals surface area contributed by atoms with Crippen molar-refractivity contribution in [2.75, 3.05) is 27.2 Å². The van der Waals surface area contributed by atoms with Gasteiger partial charge in [-0.05, 0) is 81.8 Å². The Morgan fingerprint density at radius 1 is 1.03 bits per heavy atom. The number of halogens is 1. The minimum Gasteiger partial charge on any atom is -0.446 e. The van der Waals surface area contributed by atoms with E-state index in [0.717, 1.165) is 24.8 Å². The van der Waals surface area contributed by atoms with E-state index in [2.05, 4.69) is 0 Å². The number of benzene rings is 2. The zero-order chi connectivity index (χ0) is 28.4. The number of amides is 2. The number of hydrogen-bond donors (Lipinski definition) is 0. The minimum absolute atomic E-state index is 0.141. The van der Waals surface area contributed by atoms with Crippen molar-refractivity contribution in [1.82, 2.24) is 14.4 Å². The molecule has 1 aliphatic heterocycles. The number of likely N-dealkylation sites (tertiary alicyclic amines) is 1. The fourth-order valence-electron chi connectivity index (χ4n) is 5.10. The summed E-state index contributed by atoms with van der Waals surface area (Å²) in [6, 6.07) is 11.1. The SMILES string of the molecule is Cc1c(C(=O)N2CCC(Cc3ccc(F)cc3)CC2)c2cc(C(=O)C(=O)N(C)C)ccc2n1C(=O)OC(C)C. The van der Waals surface area contributed by atoms with Gasteiger partial charge < -0.3 is 14.5 Å². The van der Waals surface area contributed by atoms with E-state index in [4.69, 9.17) is 4.74 Å². The van der Waals surface area contributed by atoms with Crippen LogP contribution >= 0.6 is 0 Å². The summed E-state index contributed by atoms with van der Waals surface area (Å²) in [5.74, 6) is -1.51. The van der Waals surface area contributed by atoms with E-state index in [1.165, 1.54) is 47.8 Å². The Balaban J connectivity index is 1.65. The topological polar surface area (TPSA) is 88.9 Å². The van der Waals surface area contributed by atoms with E-state index in [-0.39, 0.29) is 23.4 Å². The van der Waals surface area contributed by atoms with Crippen LogP contribution in [-0.4, -0.2) is 71.3 Å². The third kappa shape index (κ3) is 5.87. The van der Waals surface area contributed by atoms with E-state index < -0.39 is 17.8 Å². The third-order valence-corrected chi connectivity index (χ3v) is 7.14. The van der Waals surface area contributed by atoms with E-state index >= 15 is 0 Å². The van der Waals surface area contributed by atoms with Crippen molar-refractivity contribution in [3.8, 4) is 0 Å². The maximum atomic E-state index is 13.9. The zero-order valence-corrected chi connectivity index (χ0v) is 23.0. The molecule has 0 radical (unpaired) electrons. The fraction of sp³-hybridized carbons (Fsp3) is 0.400. The summed E-state index contributed by atoms with van der Waals surface area (Å²) in [4.78, 5) is 55.0. The van der Waals surface area contributed by atoms with Gasteiger partial charge in [-0.15, -0.1) is 0 Å². The second kappa shape index (κ2) is 11.4. The number of hydrogen-bond acceptors (Lipinski definition) is 5. The van der Waals surface area contributed by atoms with Gasteiger partial charge in [0.25, 0.3) is 11.8 Å². The third-order valence-electron chi connectivity index (χ3n) is 7.14. The van der Waals surface area contributed by atoms with Crippen LogP contribution in [0.4, 0.5) is 9.18 Å². The first-order valence-electron chi connectivity index (χ1n) is 13.1. The Kier molecular flexibility index (Phi) is 8.18. The van der Waals surface area contributed by atoms with Crippen molar-refractivity contribution in [2.24, 2.45) is 5.92 Å². The monoisotopic (exact) mass is 535 g/mol. The van der Waals surface area contributed by atoms with E-state index in [1.54, 1.807) is 43.9 Å². The predicted octanol–water partition coefficient (Wildman–Crippen LogP) is 4.85. The number of ketones is 1. The number of likely N-dealkylation sites (N-methyl/N-ethyl adjacent to an activating group) is 1. The van der Waals surface area contributed by atoms with Gasteiger partial charge in [0.2, 0.25) is 5.78 Å². The van der Waals surface area contributed by atoms with Gasteiger partial charge in [-0.1, -0.05) is 12.1 Å². The van der Waals surface area contributed by atoms with Crippen LogP contribution in [0.5, 0.6) is 0 Å². The number of ether oxygens (including phenoxy) is 1. The number of piperidine rings is 1. The standard InChI is InChI=1S/C30H34FN3O5/c1-18(2)39-30(38)34-19(3)26(24-17-22(8-11-25(24)34)27(35)29(37)32(4)5)28(36)33-14-12-21(13-15-33)16-20-6-9-23(31)10-7-20/h6-11,17-18,21H,12-16H2,1-5H3. The molecule has 0 saturated carbocycles. The summed E-state index contributed by atoms with van der Waals surface area (Å²) in [5.41, 5.74) is 2.37. The molecule has 3 aromatic rings. The molecule has 0 spiro atoms. The number of carbonyl (C=O) groups is 4. The normalized spacial score (nSPS) is 14.1. The van der Waals surface area contributed by atoms with Crippen LogP contribution in [0.25, 0.3) is 10.9 Å². The van der Waals surface area contributed by atoms with Gasteiger partial charge in [0.15, 0.2) is 0 Å². The lowest BCUT2D eigenvalue weighted by molar-refractivity contribution is -0.124. The Hall–Kier alpha value is -4.01. The van der Waals surface area contributed by atoms with Crippen molar-refractivity contribution in [2.45, 2.75) is 46.1 Å². The molecule has 1 aromatic heterocycles. The minimum atomic E-state index is -0.697. The molecule has 9 heteroatoms. The first-order valence-corrected chi connectivity index (χ1v) is 13.1.